The number of ether oxygens (including phenoxy) is 13. The maximum absolute atomic E-state index is 12.6. The van der Waals surface area contributed by atoms with E-state index in [-0.39, 0.29) is 25.0 Å². The molecule has 8 aromatic rings. The number of rotatable bonds is 16. The number of fused-ring (bicyclic) bond motifs is 4. The van der Waals surface area contributed by atoms with Crippen LogP contribution in [-0.2, 0) is 65.4 Å². The van der Waals surface area contributed by atoms with E-state index in [1.165, 1.54) is 11.3 Å². The van der Waals surface area contributed by atoms with Crippen LogP contribution in [0.3, 0.4) is 0 Å². The van der Waals surface area contributed by atoms with Crippen LogP contribution >= 0.6 is 12.4 Å². The maximum atomic E-state index is 12.6. The number of nitrogens with zero attached hydrogens (tertiary/aromatic N) is 11. The number of anilines is 4. The molecule has 12 fully saturated rings. The molecule has 2 N–H and O–H groups in total. The first-order valence-electron chi connectivity index (χ1n) is 42.9. The number of amides is 2. The molecule has 4 spiro atoms. The molecule has 4 aromatic carbocycles. The number of aliphatic hydroxyl groups excluding tert-OH is 1. The second kappa shape index (κ2) is 39.1. The lowest BCUT2D eigenvalue weighted by Crippen LogP contribution is -2.49. The molecule has 2 aliphatic carbocycles. The van der Waals surface area contributed by atoms with Crippen molar-refractivity contribution in [2.75, 3.05) is 212 Å². The van der Waals surface area contributed by atoms with E-state index in [0.717, 1.165) is 284 Å². The number of carbonyl (C=O) groups excluding carboxylic acids is 4. The van der Waals surface area contributed by atoms with Gasteiger partial charge in [0, 0.05) is 232 Å². The lowest BCUT2D eigenvalue weighted by molar-refractivity contribution is -0.169. The van der Waals surface area contributed by atoms with Gasteiger partial charge in [0.05, 0.1) is 145 Å². The Labute approximate surface area is 712 Å². The fourth-order valence-electron chi connectivity index (χ4n) is 18.2. The van der Waals surface area contributed by atoms with Crippen LogP contribution in [0.5, 0.6) is 23.0 Å². The number of benzene rings is 4. The molecule has 14 heterocycles. The van der Waals surface area contributed by atoms with Gasteiger partial charge in [-0.1, -0.05) is 0 Å². The van der Waals surface area contributed by atoms with Crippen LogP contribution in [0.1, 0.15) is 116 Å². The number of halogens is 1. The van der Waals surface area contributed by atoms with Gasteiger partial charge in [0.1, 0.15) is 28.6 Å². The summed E-state index contributed by atoms with van der Waals surface area (Å²) in [7, 11) is 6.63. The van der Waals surface area contributed by atoms with E-state index >= 15 is 0 Å². The number of aromatic nitrogens is 4. The average molecular weight is 1690 g/mol. The minimum Gasteiger partial charge on any atom is -0.497 e. The molecular formula is C90H115ClN12O18. The van der Waals surface area contributed by atoms with Crippen LogP contribution in [0.2, 0.25) is 0 Å². The molecule has 10 saturated heterocycles. The average Bonchev–Trinajstić information content (AvgIpc) is 1.08. The molecule has 0 unspecified atom stereocenters. The first-order chi connectivity index (χ1) is 58.7. The standard InChI is InChI=1S/C26H34N4O4.C20H24N2O5.C18H22N2O4.C18H20N2O4.C8H14N2O.ClH/c1-32-21-4-5-23-22(16-21)24(29-8-6-26(7-9-29)33-14-15-34-26)20(17-27-23)18-28-10-12-30(13-11-28)25(31)19-2-3-19;1-3-25-19(23)16-13-21-17-5-4-14(24-2)12-15(17)18(16)22-8-6-20(7-9-22)26-10-11-27-20;2*1-22-14-2-3-16-15(10-14)17(13(12-21)11-19-16)20-6-4-18(5-7-20)23-8-9-24-18;11-8(7-1-2-7)10-5-3-9-4-6-10;/h4-5,16-17,19H,2-3,6-15,18H2,1H3;4-5,12-13H,3,6-11H2,1-2H3;2-3,10-11,21H,4-9,12H2,1H3;2-3,10-12H,4-9H2,1H3;7,9H,1-6H2;1H. The number of aldehydes is 1. The number of nitrogens with one attached hydrogen (secondary N) is 1. The lowest BCUT2D eigenvalue weighted by Gasteiger charge is -2.40. The normalized spacial score (nSPS) is 20.9. The smallest absolute Gasteiger partial charge is 0.341 e. The zero-order valence-corrected chi connectivity index (χ0v) is 71.1. The monoisotopic (exact) mass is 1690 g/mol. The summed E-state index contributed by atoms with van der Waals surface area (Å²) in [6, 6.07) is 23.4. The highest BCUT2D eigenvalue weighted by atomic mass is 35.5. The third-order valence-electron chi connectivity index (χ3n) is 25.1. The number of aliphatic hydroxyl groups is 1. The third-order valence-corrected chi connectivity index (χ3v) is 25.1. The summed E-state index contributed by atoms with van der Waals surface area (Å²) >= 11 is 0. The van der Waals surface area contributed by atoms with Crippen molar-refractivity contribution in [3.05, 3.63) is 120 Å². The van der Waals surface area contributed by atoms with Gasteiger partial charge in [-0.2, -0.15) is 0 Å². The molecule has 0 bridgehead atoms. The Morgan fingerprint density at radius 2 is 0.769 bits per heavy atom. The first-order valence-corrected chi connectivity index (χ1v) is 42.9. The highest BCUT2D eigenvalue weighted by Gasteiger charge is 2.46. The Morgan fingerprint density at radius 1 is 0.438 bits per heavy atom. The van der Waals surface area contributed by atoms with Gasteiger partial charge in [0.15, 0.2) is 29.4 Å². The van der Waals surface area contributed by atoms with Gasteiger partial charge < -0.3 is 101 Å². The molecular weight excluding hydrogens is 1570 g/mol. The van der Waals surface area contributed by atoms with Crippen LogP contribution in [0, 0.1) is 11.8 Å². The van der Waals surface area contributed by atoms with Gasteiger partial charge in [-0.3, -0.25) is 39.2 Å². The van der Waals surface area contributed by atoms with Crippen molar-refractivity contribution in [1.29, 1.82) is 0 Å². The molecule has 2 amide bonds. The number of pyridine rings is 4. The van der Waals surface area contributed by atoms with E-state index in [2.05, 4.69) is 55.7 Å². The van der Waals surface area contributed by atoms with Crippen LogP contribution < -0.4 is 43.9 Å². The summed E-state index contributed by atoms with van der Waals surface area (Å²) in [4.78, 5) is 81.9. The minimum atomic E-state index is -0.471. The van der Waals surface area contributed by atoms with E-state index in [4.69, 9.17) is 66.6 Å². The van der Waals surface area contributed by atoms with Crippen LogP contribution in [0.4, 0.5) is 22.7 Å². The van der Waals surface area contributed by atoms with Crippen molar-refractivity contribution in [3.63, 3.8) is 0 Å². The van der Waals surface area contributed by atoms with Crippen LogP contribution in [0.15, 0.2) is 97.6 Å². The number of carbonyl (C=O) groups is 4. The predicted octanol–water partition coefficient (Wildman–Crippen LogP) is 10.1. The summed E-state index contributed by atoms with van der Waals surface area (Å²) in [6.45, 7) is 21.9. The van der Waals surface area contributed by atoms with E-state index < -0.39 is 23.1 Å². The van der Waals surface area contributed by atoms with Crippen molar-refractivity contribution >= 4 is 103 Å². The van der Waals surface area contributed by atoms with Crippen molar-refractivity contribution in [2.45, 2.75) is 120 Å². The van der Waals surface area contributed by atoms with E-state index in [9.17, 15) is 24.3 Å². The van der Waals surface area contributed by atoms with E-state index in [1.807, 2.05) is 77.8 Å². The lowest BCUT2D eigenvalue weighted by atomic mass is 10.00. The van der Waals surface area contributed by atoms with Crippen molar-refractivity contribution in [1.82, 2.24) is 40.0 Å². The molecule has 10 aliphatic heterocycles. The van der Waals surface area contributed by atoms with Gasteiger partial charge in [-0.25, -0.2) is 4.79 Å². The summed E-state index contributed by atoms with van der Waals surface area (Å²) in [5.74, 6) is 2.49. The maximum Gasteiger partial charge on any atom is 0.341 e. The minimum absolute atomic E-state index is 0. The SMILES string of the molecule is CCOC(=O)c1cnc2ccc(OC)cc2c1N1CCC2(CC1)OCCO2.COc1ccc2ncc(C=O)c(N3CCC4(CC3)OCCO4)c2c1.COc1ccc2ncc(CN3CCN(C(=O)C4CC4)CC3)c(N3CCC4(CC3)OCCO4)c2c1.COc1ccc2ncc(CO)c(N3CCC4(CC3)OCCO4)c2c1.Cl.O=C(C1CC1)N1CCNCC1. The summed E-state index contributed by atoms with van der Waals surface area (Å²) in [5, 5.41) is 17.0. The number of hydrogen-bond donors (Lipinski definition) is 2. The highest BCUT2D eigenvalue weighted by Crippen LogP contribution is 2.45. The van der Waals surface area contributed by atoms with Gasteiger partial charge in [-0.15, -0.1) is 12.4 Å². The van der Waals surface area contributed by atoms with Crippen LogP contribution in [0.25, 0.3) is 43.6 Å². The highest BCUT2D eigenvalue weighted by molar-refractivity contribution is 6.06. The fourth-order valence-corrected chi connectivity index (χ4v) is 18.2. The Kier molecular flexibility index (Phi) is 28.1. The summed E-state index contributed by atoms with van der Waals surface area (Å²) in [6.07, 6.45) is 18.8. The zero-order valence-electron chi connectivity index (χ0n) is 70.3. The Hall–Kier alpha value is -9.15. The summed E-state index contributed by atoms with van der Waals surface area (Å²) in [5.41, 5.74) is 10.7. The zero-order chi connectivity index (χ0) is 82.8. The number of piperazine rings is 2. The van der Waals surface area contributed by atoms with Gasteiger partial charge >= 0.3 is 5.97 Å². The Morgan fingerprint density at radius 3 is 1.13 bits per heavy atom. The number of methoxy groups -OCH3 is 4. The Balaban J connectivity index is 0.000000121. The van der Waals surface area contributed by atoms with Gasteiger partial charge in [0.2, 0.25) is 11.8 Å². The molecule has 2 saturated carbocycles. The van der Waals surface area contributed by atoms with E-state index in [0.29, 0.717) is 94.2 Å². The molecule has 4 aromatic heterocycles. The van der Waals surface area contributed by atoms with E-state index in [1.54, 1.807) is 54.0 Å². The molecule has 650 valence electrons. The number of piperidine rings is 4. The van der Waals surface area contributed by atoms with Crippen molar-refractivity contribution in [2.24, 2.45) is 11.8 Å². The molecule has 20 rings (SSSR count). The van der Waals surface area contributed by atoms with Gasteiger partial charge in [-0.05, 0) is 105 Å². The second-order valence-corrected chi connectivity index (χ2v) is 32.5. The largest absolute Gasteiger partial charge is 0.497 e. The molecule has 121 heavy (non-hydrogen) atoms. The number of hydrogen-bond acceptors (Lipinski definition) is 28. The molecule has 31 heteroatoms. The third kappa shape index (κ3) is 19.8. The number of esters is 1. The van der Waals surface area contributed by atoms with Gasteiger partial charge in [0.25, 0.3) is 0 Å². The molecule has 0 atom stereocenters. The van der Waals surface area contributed by atoms with Crippen LogP contribution in [-0.4, -0.2) is 280 Å². The molecule has 30 nitrogen and oxygen atoms in total. The second-order valence-electron chi connectivity index (χ2n) is 32.5. The fraction of sp³-hybridized carbons (Fsp3) is 0.556. The summed E-state index contributed by atoms with van der Waals surface area (Å²) < 4.78 is 73.7. The van der Waals surface area contributed by atoms with Crippen molar-refractivity contribution < 1.29 is 85.9 Å². The topological polar surface area (TPSA) is 295 Å². The Bertz CT molecular complexity index is 4880. The molecule has 0 radical (unpaired) electrons. The molecule has 12 aliphatic rings. The first kappa shape index (κ1) is 86.8. The predicted molar refractivity (Wildman–Crippen MR) is 459 cm³/mol. The van der Waals surface area contributed by atoms with Crippen molar-refractivity contribution in [3.8, 4) is 23.0 Å². The quantitative estimate of drug-likeness (QED) is 0.0671.